The van der Waals surface area contributed by atoms with Gasteiger partial charge in [-0.25, -0.2) is 4.98 Å². The molecule has 0 saturated carbocycles. The lowest BCUT2D eigenvalue weighted by Crippen LogP contribution is -2.36. The van der Waals surface area contributed by atoms with E-state index in [4.69, 9.17) is 10.2 Å². The smallest absolute Gasteiger partial charge is 0.241 e. The molecule has 108 valence electrons. The van der Waals surface area contributed by atoms with E-state index in [0.29, 0.717) is 18.0 Å². The van der Waals surface area contributed by atoms with Gasteiger partial charge >= 0.3 is 0 Å². The van der Waals surface area contributed by atoms with E-state index in [2.05, 4.69) is 10.3 Å². The van der Waals surface area contributed by atoms with Gasteiger partial charge in [-0.1, -0.05) is 6.92 Å². The Labute approximate surface area is 122 Å². The normalized spacial score (nSPS) is 12.6. The van der Waals surface area contributed by atoms with Crippen molar-refractivity contribution in [3.63, 3.8) is 0 Å². The zero-order chi connectivity index (χ0) is 14.5. The van der Waals surface area contributed by atoms with Gasteiger partial charge in [0, 0.05) is 12.1 Å². The molecule has 0 unspecified atom stereocenters. The maximum atomic E-state index is 11.9. The number of nitrogens with one attached hydrogen (secondary N) is 1. The number of carbonyl (C=O) groups is 1. The maximum absolute atomic E-state index is 11.9. The first-order valence-electron chi connectivity index (χ1n) is 6.59. The van der Waals surface area contributed by atoms with Crippen LogP contribution < -0.4 is 11.1 Å². The number of thioether (sulfide) groups is 1. The van der Waals surface area contributed by atoms with Crippen LogP contribution >= 0.6 is 11.8 Å². The topological polar surface area (TPSA) is 81.2 Å². The lowest BCUT2D eigenvalue weighted by Gasteiger charge is -2.11. The highest BCUT2D eigenvalue weighted by Crippen LogP contribution is 2.20. The molecule has 2 aromatic rings. The first-order chi connectivity index (χ1) is 9.63. The van der Waals surface area contributed by atoms with Crippen molar-refractivity contribution in [2.45, 2.75) is 25.8 Å². The fourth-order valence-electron chi connectivity index (χ4n) is 1.81. The van der Waals surface area contributed by atoms with Gasteiger partial charge in [0.25, 0.3) is 0 Å². The Balaban J connectivity index is 2.07. The van der Waals surface area contributed by atoms with Gasteiger partial charge in [-0.3, -0.25) is 4.79 Å². The molecule has 0 spiro atoms. The van der Waals surface area contributed by atoms with Crippen molar-refractivity contribution in [2.24, 2.45) is 5.73 Å². The summed E-state index contributed by atoms with van der Waals surface area (Å²) in [4.78, 5) is 16.3. The number of anilines is 1. The minimum atomic E-state index is -0.485. The molecule has 0 aliphatic heterocycles. The number of benzene rings is 1. The molecule has 1 aromatic carbocycles. The highest BCUT2D eigenvalue weighted by Gasteiger charge is 2.13. The summed E-state index contributed by atoms with van der Waals surface area (Å²) < 4.78 is 5.53. The zero-order valence-corrected chi connectivity index (χ0v) is 12.5. The van der Waals surface area contributed by atoms with E-state index in [9.17, 15) is 4.79 Å². The number of nitrogens with zero attached hydrogens (tertiary/aromatic N) is 1. The van der Waals surface area contributed by atoms with E-state index < -0.39 is 6.04 Å². The van der Waals surface area contributed by atoms with Crippen LogP contribution in [0.1, 0.15) is 19.2 Å². The van der Waals surface area contributed by atoms with Crippen molar-refractivity contribution in [2.75, 3.05) is 17.3 Å². The van der Waals surface area contributed by atoms with E-state index in [0.717, 1.165) is 23.3 Å². The first-order valence-corrected chi connectivity index (χ1v) is 7.98. The van der Waals surface area contributed by atoms with Crippen molar-refractivity contribution >= 4 is 34.5 Å². The fourth-order valence-corrected chi connectivity index (χ4v) is 2.30. The Hall–Kier alpha value is -1.53. The average molecular weight is 293 g/mol. The molecule has 6 heteroatoms. The van der Waals surface area contributed by atoms with E-state index in [1.54, 1.807) is 23.9 Å². The van der Waals surface area contributed by atoms with Crippen LogP contribution in [0, 0.1) is 0 Å². The Morgan fingerprint density at radius 1 is 1.55 bits per heavy atom. The van der Waals surface area contributed by atoms with Crippen molar-refractivity contribution in [1.82, 2.24) is 4.98 Å². The molecular formula is C14H19N3O2S. The number of aromatic nitrogens is 1. The van der Waals surface area contributed by atoms with Crippen LogP contribution in [-0.4, -0.2) is 28.9 Å². The Kier molecular flexibility index (Phi) is 5.03. The summed E-state index contributed by atoms with van der Waals surface area (Å²) in [6.07, 6.45) is 3.41. The number of rotatable bonds is 6. The molecule has 1 aromatic heterocycles. The van der Waals surface area contributed by atoms with Gasteiger partial charge in [0.1, 0.15) is 5.52 Å². The van der Waals surface area contributed by atoms with Crippen LogP contribution in [0.4, 0.5) is 5.69 Å². The van der Waals surface area contributed by atoms with Crippen LogP contribution in [-0.2, 0) is 11.2 Å². The van der Waals surface area contributed by atoms with Gasteiger partial charge in [0.05, 0.1) is 6.04 Å². The van der Waals surface area contributed by atoms with Gasteiger partial charge in [-0.05, 0) is 36.6 Å². The molecule has 0 saturated heterocycles. The fraction of sp³-hybridized carbons (Fsp3) is 0.429. The molecule has 5 nitrogen and oxygen atoms in total. The van der Waals surface area contributed by atoms with Gasteiger partial charge in [0.2, 0.25) is 5.91 Å². The molecule has 1 atom stereocenters. The van der Waals surface area contributed by atoms with Crippen molar-refractivity contribution < 1.29 is 9.21 Å². The van der Waals surface area contributed by atoms with Crippen LogP contribution in [0.3, 0.4) is 0 Å². The molecule has 0 fully saturated rings. The highest BCUT2D eigenvalue weighted by atomic mass is 32.2. The third kappa shape index (κ3) is 3.52. The van der Waals surface area contributed by atoms with Crippen LogP contribution in [0.25, 0.3) is 11.1 Å². The largest absolute Gasteiger partial charge is 0.441 e. The lowest BCUT2D eigenvalue weighted by atomic mass is 10.2. The highest BCUT2D eigenvalue weighted by molar-refractivity contribution is 7.98. The monoisotopic (exact) mass is 293 g/mol. The summed E-state index contributed by atoms with van der Waals surface area (Å²) in [5.74, 6) is 1.40. The van der Waals surface area contributed by atoms with Crippen LogP contribution in [0.15, 0.2) is 22.6 Å². The summed E-state index contributed by atoms with van der Waals surface area (Å²) in [5.41, 5.74) is 8.00. The minimum Gasteiger partial charge on any atom is -0.441 e. The van der Waals surface area contributed by atoms with E-state index in [1.165, 1.54) is 0 Å². The summed E-state index contributed by atoms with van der Waals surface area (Å²) >= 11 is 1.68. The van der Waals surface area contributed by atoms with Gasteiger partial charge in [-0.15, -0.1) is 0 Å². The predicted molar refractivity (Wildman–Crippen MR) is 83.0 cm³/mol. The number of hydrogen-bond acceptors (Lipinski definition) is 5. The standard InChI is InChI=1S/C14H19N3O2S/c1-3-13-17-11-8-9(4-5-12(11)19-13)16-14(18)10(15)6-7-20-2/h4-5,8,10H,3,6-7,15H2,1-2H3,(H,16,18)/t10-/m0/s1. The van der Waals surface area contributed by atoms with Gasteiger partial charge in [0.15, 0.2) is 11.5 Å². The Morgan fingerprint density at radius 2 is 2.35 bits per heavy atom. The summed E-state index contributed by atoms with van der Waals surface area (Å²) in [6, 6.07) is 4.93. The molecule has 20 heavy (non-hydrogen) atoms. The quantitative estimate of drug-likeness (QED) is 0.854. The second-order valence-corrected chi connectivity index (χ2v) is 5.51. The molecule has 0 aliphatic carbocycles. The Bertz CT molecular complexity index is 597. The van der Waals surface area contributed by atoms with Crippen molar-refractivity contribution in [3.8, 4) is 0 Å². The molecule has 1 heterocycles. The SMILES string of the molecule is CCc1nc2cc(NC(=O)[C@@H](N)CCSC)ccc2o1. The van der Waals surface area contributed by atoms with E-state index >= 15 is 0 Å². The van der Waals surface area contributed by atoms with Crippen molar-refractivity contribution in [1.29, 1.82) is 0 Å². The molecular weight excluding hydrogens is 274 g/mol. The molecule has 2 rings (SSSR count). The second-order valence-electron chi connectivity index (χ2n) is 4.52. The van der Waals surface area contributed by atoms with Crippen LogP contribution in [0.2, 0.25) is 0 Å². The number of oxazole rings is 1. The molecule has 1 amide bonds. The summed E-state index contributed by atoms with van der Waals surface area (Å²) in [7, 11) is 0. The number of nitrogens with two attached hydrogens (primary N) is 1. The molecule has 0 radical (unpaired) electrons. The molecule has 3 N–H and O–H groups in total. The van der Waals surface area contributed by atoms with Gasteiger partial charge < -0.3 is 15.5 Å². The first kappa shape index (κ1) is 14.9. The maximum Gasteiger partial charge on any atom is 0.241 e. The Morgan fingerprint density at radius 3 is 3.05 bits per heavy atom. The summed E-state index contributed by atoms with van der Waals surface area (Å²) in [5, 5.41) is 2.82. The number of carbonyl (C=O) groups excluding carboxylic acids is 1. The van der Waals surface area contributed by atoms with E-state index in [-0.39, 0.29) is 5.91 Å². The minimum absolute atomic E-state index is 0.169. The van der Waals surface area contributed by atoms with E-state index in [1.807, 2.05) is 19.2 Å². The third-order valence-corrected chi connectivity index (χ3v) is 3.62. The number of amides is 1. The second kappa shape index (κ2) is 6.76. The third-order valence-electron chi connectivity index (χ3n) is 2.97. The number of aryl methyl sites for hydroxylation is 1. The molecule has 0 bridgehead atoms. The molecule has 0 aliphatic rings. The van der Waals surface area contributed by atoms with Crippen LogP contribution in [0.5, 0.6) is 0 Å². The zero-order valence-electron chi connectivity index (χ0n) is 11.7. The summed E-state index contributed by atoms with van der Waals surface area (Å²) in [6.45, 7) is 1.98. The number of fused-ring (bicyclic) bond motifs is 1. The van der Waals surface area contributed by atoms with Gasteiger partial charge in [-0.2, -0.15) is 11.8 Å². The number of hydrogen-bond donors (Lipinski definition) is 2. The predicted octanol–water partition coefficient (Wildman–Crippen LogP) is 2.41. The average Bonchev–Trinajstić information content (AvgIpc) is 2.86. The lowest BCUT2D eigenvalue weighted by molar-refractivity contribution is -0.117. The van der Waals surface area contributed by atoms with Crippen molar-refractivity contribution in [3.05, 3.63) is 24.1 Å².